The maximum atomic E-state index is 5.61. The molecule has 1 aliphatic rings. The van der Waals surface area contributed by atoms with Crippen molar-refractivity contribution in [1.82, 2.24) is 15.0 Å². The van der Waals surface area contributed by atoms with Crippen molar-refractivity contribution in [2.45, 2.75) is 32.2 Å². The molecule has 0 aliphatic heterocycles. The van der Waals surface area contributed by atoms with Gasteiger partial charge in [-0.15, -0.1) is 16.7 Å². The summed E-state index contributed by atoms with van der Waals surface area (Å²) in [6.45, 7) is 1.04. The molecule has 0 saturated heterocycles. The first-order valence-corrected chi connectivity index (χ1v) is 5.37. The fourth-order valence-corrected chi connectivity index (χ4v) is 1.77. The summed E-state index contributed by atoms with van der Waals surface area (Å²) >= 11 is 5.61. The first-order chi connectivity index (χ1) is 6.38. The van der Waals surface area contributed by atoms with Gasteiger partial charge < -0.3 is 0 Å². The number of aromatic nitrogens is 3. The van der Waals surface area contributed by atoms with Crippen molar-refractivity contribution in [3.8, 4) is 0 Å². The second-order valence-electron chi connectivity index (χ2n) is 3.67. The highest BCUT2D eigenvalue weighted by atomic mass is 35.5. The SMILES string of the molecule is ClCCc1cn(CC2CCC2)nn1. The van der Waals surface area contributed by atoms with E-state index in [-0.39, 0.29) is 0 Å². The molecular formula is C9H14ClN3. The summed E-state index contributed by atoms with van der Waals surface area (Å²) in [6, 6.07) is 0. The third-order valence-electron chi connectivity index (χ3n) is 2.61. The van der Waals surface area contributed by atoms with Crippen LogP contribution in [0, 0.1) is 5.92 Å². The Bertz CT molecular complexity index is 268. The molecule has 1 heterocycles. The monoisotopic (exact) mass is 199 g/mol. The molecule has 0 atom stereocenters. The van der Waals surface area contributed by atoms with Gasteiger partial charge in [0, 0.05) is 25.0 Å². The highest BCUT2D eigenvalue weighted by molar-refractivity contribution is 6.17. The van der Waals surface area contributed by atoms with E-state index in [0.717, 1.165) is 24.6 Å². The van der Waals surface area contributed by atoms with E-state index in [0.29, 0.717) is 5.88 Å². The number of aryl methyl sites for hydroxylation is 1. The van der Waals surface area contributed by atoms with Crippen molar-refractivity contribution in [3.05, 3.63) is 11.9 Å². The second-order valence-corrected chi connectivity index (χ2v) is 4.05. The Kier molecular flexibility index (Phi) is 2.83. The summed E-state index contributed by atoms with van der Waals surface area (Å²) in [5.74, 6) is 1.47. The van der Waals surface area contributed by atoms with E-state index in [4.69, 9.17) is 11.6 Å². The van der Waals surface area contributed by atoms with Crippen molar-refractivity contribution in [2.75, 3.05) is 5.88 Å². The van der Waals surface area contributed by atoms with E-state index in [1.165, 1.54) is 19.3 Å². The summed E-state index contributed by atoms with van der Waals surface area (Å²) in [7, 11) is 0. The van der Waals surface area contributed by atoms with Gasteiger partial charge in [0.05, 0.1) is 5.69 Å². The Labute approximate surface area is 83.1 Å². The van der Waals surface area contributed by atoms with Crippen LogP contribution in [0.4, 0.5) is 0 Å². The van der Waals surface area contributed by atoms with Crippen LogP contribution in [-0.2, 0) is 13.0 Å². The zero-order chi connectivity index (χ0) is 9.10. The molecule has 0 aromatic carbocycles. The number of hydrogen-bond donors (Lipinski definition) is 0. The Hall–Kier alpha value is -0.570. The average molecular weight is 200 g/mol. The first-order valence-electron chi connectivity index (χ1n) is 4.83. The molecule has 0 amide bonds. The Morgan fingerprint density at radius 1 is 1.54 bits per heavy atom. The van der Waals surface area contributed by atoms with Crippen molar-refractivity contribution >= 4 is 11.6 Å². The number of rotatable bonds is 4. The smallest absolute Gasteiger partial charge is 0.0839 e. The van der Waals surface area contributed by atoms with Crippen LogP contribution in [0.2, 0.25) is 0 Å². The van der Waals surface area contributed by atoms with Crippen LogP contribution in [0.25, 0.3) is 0 Å². The predicted molar refractivity (Wildman–Crippen MR) is 51.8 cm³/mol. The van der Waals surface area contributed by atoms with E-state index in [1.54, 1.807) is 0 Å². The molecule has 13 heavy (non-hydrogen) atoms. The Morgan fingerprint density at radius 2 is 2.38 bits per heavy atom. The summed E-state index contributed by atoms with van der Waals surface area (Å²) in [5.41, 5.74) is 1.01. The Balaban J connectivity index is 1.88. The normalized spacial score (nSPS) is 17.3. The highest BCUT2D eigenvalue weighted by Gasteiger charge is 2.18. The van der Waals surface area contributed by atoms with Gasteiger partial charge in [-0.2, -0.15) is 0 Å². The van der Waals surface area contributed by atoms with Gasteiger partial charge in [0.25, 0.3) is 0 Å². The molecule has 0 unspecified atom stereocenters. The molecule has 1 saturated carbocycles. The highest BCUT2D eigenvalue weighted by Crippen LogP contribution is 2.27. The molecule has 4 heteroatoms. The molecule has 0 N–H and O–H groups in total. The molecule has 0 bridgehead atoms. The summed E-state index contributed by atoms with van der Waals surface area (Å²) in [5, 5.41) is 8.11. The molecule has 1 aromatic heterocycles. The maximum absolute atomic E-state index is 5.61. The van der Waals surface area contributed by atoms with Gasteiger partial charge in [0.1, 0.15) is 0 Å². The van der Waals surface area contributed by atoms with Gasteiger partial charge in [0.2, 0.25) is 0 Å². The molecule has 1 aliphatic carbocycles. The van der Waals surface area contributed by atoms with Gasteiger partial charge >= 0.3 is 0 Å². The van der Waals surface area contributed by atoms with E-state index in [9.17, 15) is 0 Å². The minimum Gasteiger partial charge on any atom is -0.252 e. The largest absolute Gasteiger partial charge is 0.252 e. The average Bonchev–Trinajstić information content (AvgIpc) is 2.46. The molecule has 3 nitrogen and oxygen atoms in total. The zero-order valence-corrected chi connectivity index (χ0v) is 8.37. The van der Waals surface area contributed by atoms with Crippen LogP contribution in [-0.4, -0.2) is 20.9 Å². The number of alkyl halides is 1. The minimum absolute atomic E-state index is 0.627. The lowest BCUT2D eigenvalue weighted by Gasteiger charge is -2.24. The second kappa shape index (κ2) is 4.09. The Morgan fingerprint density at radius 3 is 3.00 bits per heavy atom. The van der Waals surface area contributed by atoms with Crippen LogP contribution >= 0.6 is 11.6 Å². The van der Waals surface area contributed by atoms with Crippen molar-refractivity contribution in [1.29, 1.82) is 0 Å². The van der Waals surface area contributed by atoms with Crippen LogP contribution < -0.4 is 0 Å². The lowest BCUT2D eigenvalue weighted by atomic mass is 9.85. The fraction of sp³-hybridized carbons (Fsp3) is 0.778. The van der Waals surface area contributed by atoms with E-state index >= 15 is 0 Å². The van der Waals surface area contributed by atoms with Gasteiger partial charge in [-0.1, -0.05) is 11.6 Å². The van der Waals surface area contributed by atoms with E-state index in [1.807, 2.05) is 10.9 Å². The number of nitrogens with zero attached hydrogens (tertiary/aromatic N) is 3. The minimum atomic E-state index is 0.627. The van der Waals surface area contributed by atoms with Gasteiger partial charge in [-0.25, -0.2) is 0 Å². The zero-order valence-electron chi connectivity index (χ0n) is 7.62. The van der Waals surface area contributed by atoms with Gasteiger partial charge in [-0.05, 0) is 18.8 Å². The topological polar surface area (TPSA) is 30.7 Å². The van der Waals surface area contributed by atoms with Crippen molar-refractivity contribution in [2.24, 2.45) is 5.92 Å². The lowest BCUT2D eigenvalue weighted by molar-refractivity contribution is 0.264. The third kappa shape index (κ3) is 2.21. The molecule has 1 aromatic rings. The lowest BCUT2D eigenvalue weighted by Crippen LogP contribution is -2.18. The molecular weight excluding hydrogens is 186 g/mol. The van der Waals surface area contributed by atoms with Gasteiger partial charge in [0.15, 0.2) is 0 Å². The molecule has 1 fully saturated rings. The maximum Gasteiger partial charge on any atom is 0.0839 e. The standard InChI is InChI=1S/C9H14ClN3/c10-5-4-9-7-13(12-11-9)6-8-2-1-3-8/h7-8H,1-6H2. The number of halogens is 1. The van der Waals surface area contributed by atoms with Crippen molar-refractivity contribution in [3.63, 3.8) is 0 Å². The molecule has 0 spiro atoms. The summed E-state index contributed by atoms with van der Waals surface area (Å²) in [6.07, 6.45) is 6.93. The van der Waals surface area contributed by atoms with Crippen LogP contribution in [0.5, 0.6) is 0 Å². The molecule has 2 rings (SSSR count). The molecule has 72 valence electrons. The summed E-state index contributed by atoms with van der Waals surface area (Å²) in [4.78, 5) is 0. The molecule has 0 radical (unpaired) electrons. The van der Waals surface area contributed by atoms with Gasteiger partial charge in [-0.3, -0.25) is 4.68 Å². The quantitative estimate of drug-likeness (QED) is 0.694. The van der Waals surface area contributed by atoms with Crippen molar-refractivity contribution < 1.29 is 0 Å². The fourth-order valence-electron chi connectivity index (χ4n) is 1.58. The third-order valence-corrected chi connectivity index (χ3v) is 2.80. The summed E-state index contributed by atoms with van der Waals surface area (Å²) < 4.78 is 1.95. The van der Waals surface area contributed by atoms with E-state index in [2.05, 4.69) is 10.3 Å². The number of hydrogen-bond acceptors (Lipinski definition) is 2. The first kappa shape index (κ1) is 9.00. The van der Waals surface area contributed by atoms with Crippen LogP contribution in [0.1, 0.15) is 25.0 Å². The van der Waals surface area contributed by atoms with Crippen LogP contribution in [0.3, 0.4) is 0 Å². The van der Waals surface area contributed by atoms with E-state index < -0.39 is 0 Å². The van der Waals surface area contributed by atoms with Crippen LogP contribution in [0.15, 0.2) is 6.20 Å². The predicted octanol–water partition coefficient (Wildman–Crippen LogP) is 1.86.